The standard InChI is InChI=1S/C22H26N2O4/c1-15-13-23(21(25)17-5-9-19(27-3)10-6-17)14-16(2)24(15)22(26)18-7-11-20(28-4)12-8-18/h5-12,15-16H,13-14H2,1-4H3/t15-,16-/m1/s1. The van der Waals surface area contributed by atoms with Crippen molar-refractivity contribution in [3.63, 3.8) is 0 Å². The van der Waals surface area contributed by atoms with Crippen molar-refractivity contribution in [3.05, 3.63) is 59.7 Å². The predicted octanol–water partition coefficient (Wildman–Crippen LogP) is 3.08. The van der Waals surface area contributed by atoms with Crippen molar-refractivity contribution in [1.82, 2.24) is 9.80 Å². The van der Waals surface area contributed by atoms with E-state index in [2.05, 4.69) is 0 Å². The van der Waals surface area contributed by atoms with Crippen molar-refractivity contribution in [2.75, 3.05) is 27.3 Å². The van der Waals surface area contributed by atoms with Gasteiger partial charge in [-0.25, -0.2) is 0 Å². The lowest BCUT2D eigenvalue weighted by Crippen LogP contribution is -2.59. The van der Waals surface area contributed by atoms with Crippen LogP contribution in [0.15, 0.2) is 48.5 Å². The lowest BCUT2D eigenvalue weighted by atomic mass is 10.0. The van der Waals surface area contributed by atoms with Crippen LogP contribution in [-0.4, -0.2) is 61.0 Å². The molecule has 0 N–H and O–H groups in total. The van der Waals surface area contributed by atoms with Crippen molar-refractivity contribution in [3.8, 4) is 11.5 Å². The summed E-state index contributed by atoms with van der Waals surface area (Å²) < 4.78 is 10.3. The Bertz CT molecular complexity index is 821. The van der Waals surface area contributed by atoms with Crippen molar-refractivity contribution in [2.24, 2.45) is 0 Å². The minimum absolute atomic E-state index is 0.0285. The maximum atomic E-state index is 13.0. The molecule has 6 nitrogen and oxygen atoms in total. The van der Waals surface area contributed by atoms with Crippen LogP contribution in [0.1, 0.15) is 34.6 Å². The number of amides is 2. The monoisotopic (exact) mass is 382 g/mol. The molecule has 2 aromatic carbocycles. The largest absolute Gasteiger partial charge is 0.497 e. The molecule has 0 radical (unpaired) electrons. The topological polar surface area (TPSA) is 59.1 Å². The number of hydrogen-bond acceptors (Lipinski definition) is 4. The number of nitrogens with zero attached hydrogens (tertiary/aromatic N) is 2. The smallest absolute Gasteiger partial charge is 0.254 e. The van der Waals surface area contributed by atoms with Crippen LogP contribution in [0.2, 0.25) is 0 Å². The van der Waals surface area contributed by atoms with Gasteiger partial charge in [-0.1, -0.05) is 0 Å². The molecule has 0 spiro atoms. The summed E-state index contributed by atoms with van der Waals surface area (Å²) in [6.45, 7) is 4.95. The number of rotatable bonds is 4. The quantitative estimate of drug-likeness (QED) is 0.815. The molecule has 0 aliphatic carbocycles. The van der Waals surface area contributed by atoms with Gasteiger partial charge in [0.05, 0.1) is 14.2 Å². The summed E-state index contributed by atoms with van der Waals surface area (Å²) in [5.41, 5.74) is 1.24. The minimum atomic E-state index is -0.0828. The average Bonchev–Trinajstić information content (AvgIpc) is 2.72. The van der Waals surface area contributed by atoms with E-state index in [1.807, 2.05) is 23.6 Å². The summed E-state index contributed by atoms with van der Waals surface area (Å²) in [5, 5.41) is 0. The number of carbonyl (C=O) groups is 2. The van der Waals surface area contributed by atoms with Crippen molar-refractivity contribution in [2.45, 2.75) is 25.9 Å². The van der Waals surface area contributed by atoms with Gasteiger partial charge in [-0.2, -0.15) is 0 Å². The second-order valence-corrected chi connectivity index (χ2v) is 7.08. The van der Waals surface area contributed by atoms with Crippen LogP contribution in [0.4, 0.5) is 0 Å². The van der Waals surface area contributed by atoms with Crippen LogP contribution in [0.3, 0.4) is 0 Å². The zero-order valence-corrected chi connectivity index (χ0v) is 16.7. The third-order valence-corrected chi connectivity index (χ3v) is 5.11. The fourth-order valence-corrected chi connectivity index (χ4v) is 3.69. The lowest BCUT2D eigenvalue weighted by molar-refractivity contribution is 0.0254. The van der Waals surface area contributed by atoms with Crippen LogP contribution in [0.25, 0.3) is 0 Å². The van der Waals surface area contributed by atoms with Gasteiger partial charge in [-0.15, -0.1) is 0 Å². The Morgan fingerprint density at radius 1 is 0.750 bits per heavy atom. The van der Waals surface area contributed by atoms with Crippen LogP contribution in [0, 0.1) is 0 Å². The first kappa shape index (κ1) is 19.7. The molecule has 1 saturated heterocycles. The summed E-state index contributed by atoms with van der Waals surface area (Å²) in [6.07, 6.45) is 0. The van der Waals surface area contributed by atoms with E-state index < -0.39 is 0 Å². The minimum Gasteiger partial charge on any atom is -0.497 e. The van der Waals surface area contributed by atoms with Gasteiger partial charge < -0.3 is 19.3 Å². The molecule has 1 heterocycles. The number of hydrogen-bond donors (Lipinski definition) is 0. The van der Waals surface area contributed by atoms with Gasteiger partial charge in [-0.05, 0) is 62.4 Å². The van der Waals surface area contributed by atoms with E-state index in [1.54, 1.807) is 62.8 Å². The van der Waals surface area contributed by atoms with Gasteiger partial charge in [0.1, 0.15) is 11.5 Å². The molecule has 148 valence electrons. The Morgan fingerprint density at radius 2 is 1.14 bits per heavy atom. The van der Waals surface area contributed by atoms with E-state index in [4.69, 9.17) is 9.47 Å². The molecule has 2 aromatic rings. The lowest BCUT2D eigenvalue weighted by Gasteiger charge is -2.44. The van der Waals surface area contributed by atoms with Crippen molar-refractivity contribution in [1.29, 1.82) is 0 Å². The van der Waals surface area contributed by atoms with Gasteiger partial charge in [0.15, 0.2) is 0 Å². The normalized spacial score (nSPS) is 19.3. The highest BCUT2D eigenvalue weighted by atomic mass is 16.5. The fourth-order valence-electron chi connectivity index (χ4n) is 3.69. The van der Waals surface area contributed by atoms with Gasteiger partial charge in [0, 0.05) is 36.3 Å². The zero-order valence-electron chi connectivity index (χ0n) is 16.7. The van der Waals surface area contributed by atoms with Gasteiger partial charge in [0.25, 0.3) is 11.8 Å². The van der Waals surface area contributed by atoms with Gasteiger partial charge in [0.2, 0.25) is 0 Å². The molecule has 28 heavy (non-hydrogen) atoms. The second-order valence-electron chi connectivity index (χ2n) is 7.08. The van der Waals surface area contributed by atoms with E-state index >= 15 is 0 Å². The summed E-state index contributed by atoms with van der Waals surface area (Å²) in [4.78, 5) is 29.6. The highest BCUT2D eigenvalue weighted by Crippen LogP contribution is 2.22. The Balaban J connectivity index is 1.72. The number of methoxy groups -OCH3 is 2. The molecule has 0 saturated carbocycles. The fraction of sp³-hybridized carbons (Fsp3) is 0.364. The summed E-state index contributed by atoms with van der Waals surface area (Å²) in [6, 6.07) is 14.0. The first-order valence-electron chi connectivity index (χ1n) is 9.34. The number of piperazine rings is 1. The van der Waals surface area contributed by atoms with E-state index in [0.717, 1.165) is 0 Å². The van der Waals surface area contributed by atoms with Gasteiger partial charge >= 0.3 is 0 Å². The first-order valence-corrected chi connectivity index (χ1v) is 9.34. The van der Waals surface area contributed by atoms with Crippen molar-refractivity contribution >= 4 is 11.8 Å². The van der Waals surface area contributed by atoms with E-state index in [-0.39, 0.29) is 23.9 Å². The maximum absolute atomic E-state index is 13.0. The Morgan fingerprint density at radius 3 is 1.54 bits per heavy atom. The van der Waals surface area contributed by atoms with Gasteiger partial charge in [-0.3, -0.25) is 9.59 Å². The molecule has 1 aliphatic heterocycles. The molecule has 1 aliphatic rings. The van der Waals surface area contributed by atoms with Crippen LogP contribution in [0.5, 0.6) is 11.5 Å². The van der Waals surface area contributed by atoms with E-state index in [9.17, 15) is 9.59 Å². The first-order chi connectivity index (χ1) is 13.4. The Hall–Kier alpha value is -3.02. The van der Waals surface area contributed by atoms with E-state index in [1.165, 1.54) is 0 Å². The van der Waals surface area contributed by atoms with E-state index in [0.29, 0.717) is 35.7 Å². The zero-order chi connectivity index (χ0) is 20.3. The predicted molar refractivity (Wildman–Crippen MR) is 107 cm³/mol. The third kappa shape index (κ3) is 3.96. The summed E-state index contributed by atoms with van der Waals surface area (Å²) >= 11 is 0. The molecule has 0 aromatic heterocycles. The van der Waals surface area contributed by atoms with Crippen LogP contribution < -0.4 is 9.47 Å². The molecule has 0 bridgehead atoms. The molecule has 0 unspecified atom stereocenters. The molecular weight excluding hydrogens is 356 g/mol. The summed E-state index contributed by atoms with van der Waals surface area (Å²) in [5.74, 6) is 1.37. The van der Waals surface area contributed by atoms with Crippen LogP contribution in [-0.2, 0) is 0 Å². The number of benzene rings is 2. The number of carbonyl (C=O) groups excluding carboxylic acids is 2. The molecule has 2 amide bonds. The van der Waals surface area contributed by atoms with Crippen LogP contribution >= 0.6 is 0 Å². The highest BCUT2D eigenvalue weighted by molar-refractivity contribution is 5.96. The third-order valence-electron chi connectivity index (χ3n) is 5.11. The molecular formula is C22H26N2O4. The summed E-state index contributed by atoms with van der Waals surface area (Å²) in [7, 11) is 3.19. The SMILES string of the molecule is COc1ccc(C(=O)N2C[C@@H](C)N(C(=O)c3ccc(OC)cc3)[C@H](C)C2)cc1. The molecule has 2 atom stereocenters. The molecule has 1 fully saturated rings. The Labute approximate surface area is 165 Å². The number of ether oxygens (including phenoxy) is 2. The van der Waals surface area contributed by atoms with Crippen molar-refractivity contribution < 1.29 is 19.1 Å². The molecule has 6 heteroatoms. The maximum Gasteiger partial charge on any atom is 0.254 e. The Kier molecular flexibility index (Phi) is 5.87. The molecule has 3 rings (SSSR count). The highest BCUT2D eigenvalue weighted by Gasteiger charge is 2.35. The second kappa shape index (κ2) is 8.33. The average molecular weight is 382 g/mol.